The molecule has 0 aliphatic carbocycles. The quantitative estimate of drug-likeness (QED) is 0.454. The van der Waals surface area contributed by atoms with Gasteiger partial charge in [0, 0.05) is 30.8 Å². The van der Waals surface area contributed by atoms with E-state index in [9.17, 15) is 4.79 Å². The van der Waals surface area contributed by atoms with Crippen LogP contribution in [0.3, 0.4) is 0 Å². The fourth-order valence-electron chi connectivity index (χ4n) is 4.17. The number of carbonyl (C=O) groups excluding carboxylic acids is 1. The molecule has 4 rings (SSSR count). The highest BCUT2D eigenvalue weighted by Crippen LogP contribution is 2.39. The van der Waals surface area contributed by atoms with Gasteiger partial charge in [-0.15, -0.1) is 10.2 Å². The summed E-state index contributed by atoms with van der Waals surface area (Å²) < 4.78 is 17.4. The lowest BCUT2D eigenvalue weighted by molar-refractivity contribution is -0.121. The molecular weight excluding hydrogens is 460 g/mol. The van der Waals surface area contributed by atoms with Gasteiger partial charge in [0.1, 0.15) is 11.5 Å². The number of carbonyl (C=O) groups is 1. The van der Waals surface area contributed by atoms with Crippen LogP contribution in [0.1, 0.15) is 33.7 Å². The van der Waals surface area contributed by atoms with Gasteiger partial charge in [-0.1, -0.05) is 44.2 Å². The number of amides is 1. The molecule has 1 amide bonds. The van der Waals surface area contributed by atoms with Gasteiger partial charge in [0.15, 0.2) is 6.04 Å². The molecule has 0 spiro atoms. The molecule has 1 fully saturated rings. The summed E-state index contributed by atoms with van der Waals surface area (Å²) in [6, 6.07) is 12.7. The van der Waals surface area contributed by atoms with Crippen LogP contribution in [0.25, 0.3) is 11.4 Å². The molecule has 36 heavy (non-hydrogen) atoms. The fraction of sp³-hybridized carbons (Fsp3) is 0.462. The standard InChI is InChI=1S/C26H34N6O4/c1-5-35-22-17-21(31-12-14-34-15-13-31)23(36-6-2)16-20(22)27-26(33)24(18(3)4)32-29-25(28-30-32)19-10-8-7-9-11-19/h7-11,16-18,24H,5-6,12-15H2,1-4H3,(H,27,33). The first-order valence-corrected chi connectivity index (χ1v) is 12.4. The van der Waals surface area contributed by atoms with Crippen molar-refractivity contribution in [3.8, 4) is 22.9 Å². The van der Waals surface area contributed by atoms with Gasteiger partial charge < -0.3 is 24.4 Å². The third kappa shape index (κ3) is 5.76. The molecule has 1 N–H and O–H groups in total. The Kier molecular flexibility index (Phi) is 8.37. The minimum atomic E-state index is -0.668. The van der Waals surface area contributed by atoms with Crippen LogP contribution < -0.4 is 19.7 Å². The Hall–Kier alpha value is -3.66. The normalized spacial score (nSPS) is 14.5. The minimum Gasteiger partial charge on any atom is -0.492 e. The lowest BCUT2D eigenvalue weighted by atomic mass is 10.0. The number of nitrogens with one attached hydrogen (secondary N) is 1. The van der Waals surface area contributed by atoms with Gasteiger partial charge in [-0.25, -0.2) is 0 Å². The second kappa shape index (κ2) is 11.9. The molecule has 1 aliphatic rings. The molecule has 10 heteroatoms. The monoisotopic (exact) mass is 494 g/mol. The summed E-state index contributed by atoms with van der Waals surface area (Å²) in [4.78, 5) is 17.1. The first-order valence-electron chi connectivity index (χ1n) is 12.4. The fourth-order valence-corrected chi connectivity index (χ4v) is 4.17. The zero-order valence-corrected chi connectivity index (χ0v) is 21.3. The summed E-state index contributed by atoms with van der Waals surface area (Å²) in [7, 11) is 0. The maximum Gasteiger partial charge on any atom is 0.251 e. The molecule has 2 aromatic carbocycles. The largest absolute Gasteiger partial charge is 0.492 e. The van der Waals surface area contributed by atoms with Crippen molar-refractivity contribution in [1.29, 1.82) is 0 Å². The number of rotatable bonds is 10. The first kappa shape index (κ1) is 25.4. The summed E-state index contributed by atoms with van der Waals surface area (Å²) >= 11 is 0. The predicted octanol–water partition coefficient (Wildman–Crippen LogP) is 3.81. The van der Waals surface area contributed by atoms with Gasteiger partial charge in [0.25, 0.3) is 5.91 Å². The average molecular weight is 495 g/mol. The van der Waals surface area contributed by atoms with Gasteiger partial charge >= 0.3 is 0 Å². The van der Waals surface area contributed by atoms with Crippen molar-refractivity contribution >= 4 is 17.3 Å². The van der Waals surface area contributed by atoms with Crippen molar-refractivity contribution in [1.82, 2.24) is 20.2 Å². The summed E-state index contributed by atoms with van der Waals surface area (Å²) in [6.07, 6.45) is 0. The van der Waals surface area contributed by atoms with Gasteiger partial charge in [0.05, 0.1) is 37.8 Å². The van der Waals surface area contributed by atoms with Crippen LogP contribution in [0.5, 0.6) is 11.5 Å². The first-order chi connectivity index (χ1) is 17.5. The third-order valence-corrected chi connectivity index (χ3v) is 5.88. The van der Waals surface area contributed by atoms with E-state index in [1.807, 2.05) is 70.2 Å². The molecule has 1 aromatic heterocycles. The number of hydrogen-bond acceptors (Lipinski definition) is 8. The number of ether oxygens (including phenoxy) is 3. The van der Waals surface area contributed by atoms with E-state index in [1.54, 1.807) is 0 Å². The Morgan fingerprint density at radius 2 is 1.75 bits per heavy atom. The van der Waals surface area contributed by atoms with E-state index in [0.717, 1.165) is 24.3 Å². The van der Waals surface area contributed by atoms with Crippen molar-refractivity contribution in [2.75, 3.05) is 49.7 Å². The van der Waals surface area contributed by atoms with Gasteiger partial charge in [-0.2, -0.15) is 4.80 Å². The highest BCUT2D eigenvalue weighted by molar-refractivity contribution is 5.96. The van der Waals surface area contributed by atoms with Gasteiger partial charge in [-0.3, -0.25) is 4.79 Å². The zero-order valence-electron chi connectivity index (χ0n) is 21.3. The Balaban J connectivity index is 1.63. The molecule has 1 unspecified atom stereocenters. The number of anilines is 2. The predicted molar refractivity (Wildman–Crippen MR) is 138 cm³/mol. The molecule has 1 saturated heterocycles. The van der Waals surface area contributed by atoms with Crippen LogP contribution in [0.4, 0.5) is 11.4 Å². The van der Waals surface area contributed by atoms with E-state index in [0.29, 0.717) is 49.4 Å². The molecule has 10 nitrogen and oxygen atoms in total. The summed E-state index contributed by atoms with van der Waals surface area (Å²) in [5, 5.41) is 15.9. The van der Waals surface area contributed by atoms with E-state index in [2.05, 4.69) is 25.6 Å². The molecule has 3 aromatic rings. The SMILES string of the molecule is CCOc1cc(N2CCOCC2)c(OCC)cc1NC(=O)C(C(C)C)n1nnc(-c2ccccc2)n1. The summed E-state index contributed by atoms with van der Waals surface area (Å²) in [5.74, 6) is 1.39. The van der Waals surface area contributed by atoms with E-state index in [1.165, 1.54) is 4.80 Å². The number of aromatic nitrogens is 4. The average Bonchev–Trinajstić information content (AvgIpc) is 3.36. The number of hydrogen-bond donors (Lipinski definition) is 1. The summed E-state index contributed by atoms with van der Waals surface area (Å²) in [5.41, 5.74) is 2.30. The van der Waals surface area contributed by atoms with Crippen LogP contribution in [0.2, 0.25) is 0 Å². The summed E-state index contributed by atoms with van der Waals surface area (Å²) in [6.45, 7) is 11.5. The molecular formula is C26H34N6O4. The van der Waals surface area contributed by atoms with Crippen molar-refractivity contribution in [2.24, 2.45) is 5.92 Å². The molecule has 1 aliphatic heterocycles. The molecule has 192 valence electrons. The minimum absolute atomic E-state index is 0.0858. The topological polar surface area (TPSA) is 104 Å². The second-order valence-electron chi connectivity index (χ2n) is 8.76. The van der Waals surface area contributed by atoms with Crippen molar-refractivity contribution in [3.05, 3.63) is 42.5 Å². The maximum absolute atomic E-state index is 13.5. The smallest absolute Gasteiger partial charge is 0.251 e. The number of morpholine rings is 1. The van der Waals surface area contributed by atoms with Crippen molar-refractivity contribution in [2.45, 2.75) is 33.7 Å². The number of nitrogens with zero attached hydrogens (tertiary/aromatic N) is 5. The number of tetrazole rings is 1. The molecule has 1 atom stereocenters. The lowest BCUT2D eigenvalue weighted by Crippen LogP contribution is -2.36. The number of benzene rings is 2. The Morgan fingerprint density at radius 1 is 1.06 bits per heavy atom. The van der Waals surface area contributed by atoms with E-state index >= 15 is 0 Å². The zero-order chi connectivity index (χ0) is 25.5. The highest BCUT2D eigenvalue weighted by atomic mass is 16.5. The van der Waals surface area contributed by atoms with Crippen LogP contribution >= 0.6 is 0 Å². The Labute approximate surface area is 211 Å². The van der Waals surface area contributed by atoms with Gasteiger partial charge in [-0.05, 0) is 25.0 Å². The van der Waals surface area contributed by atoms with E-state index in [-0.39, 0.29) is 11.8 Å². The van der Waals surface area contributed by atoms with Crippen molar-refractivity contribution in [3.63, 3.8) is 0 Å². The van der Waals surface area contributed by atoms with E-state index < -0.39 is 6.04 Å². The molecule has 0 saturated carbocycles. The second-order valence-corrected chi connectivity index (χ2v) is 8.76. The third-order valence-electron chi connectivity index (χ3n) is 5.88. The lowest BCUT2D eigenvalue weighted by Gasteiger charge is -2.31. The Bertz CT molecular complexity index is 1140. The van der Waals surface area contributed by atoms with E-state index in [4.69, 9.17) is 14.2 Å². The van der Waals surface area contributed by atoms with Crippen LogP contribution in [0.15, 0.2) is 42.5 Å². The van der Waals surface area contributed by atoms with Crippen LogP contribution in [0, 0.1) is 5.92 Å². The molecule has 0 bridgehead atoms. The van der Waals surface area contributed by atoms with Gasteiger partial charge in [0.2, 0.25) is 5.82 Å². The van der Waals surface area contributed by atoms with Crippen LogP contribution in [-0.4, -0.2) is 65.6 Å². The highest BCUT2D eigenvalue weighted by Gasteiger charge is 2.29. The van der Waals surface area contributed by atoms with Crippen LogP contribution in [-0.2, 0) is 9.53 Å². The van der Waals surface area contributed by atoms with Crippen molar-refractivity contribution < 1.29 is 19.0 Å². The molecule has 0 radical (unpaired) electrons. The maximum atomic E-state index is 13.5. The molecule has 2 heterocycles. The Morgan fingerprint density at radius 3 is 2.42 bits per heavy atom.